The van der Waals surface area contributed by atoms with E-state index in [0.717, 1.165) is 25.9 Å². The molecule has 1 aliphatic rings. The van der Waals surface area contributed by atoms with Crippen molar-refractivity contribution in [2.75, 3.05) is 26.3 Å². The molecule has 11 heavy (non-hydrogen) atoms. The minimum Gasteiger partial charge on any atom is -0.396 e. The van der Waals surface area contributed by atoms with Gasteiger partial charge in [-0.3, -0.25) is 0 Å². The van der Waals surface area contributed by atoms with Gasteiger partial charge in [-0.15, -0.1) is 0 Å². The second-order valence-electron chi connectivity index (χ2n) is 3.20. The Balaban J connectivity index is 2.25. The number of hydrogen-bond acceptors (Lipinski definition) is 3. The third-order valence-electron chi connectivity index (χ3n) is 2.48. The first-order valence-corrected chi connectivity index (χ1v) is 4.31. The number of aliphatic hydroxyl groups is 2. The van der Waals surface area contributed by atoms with Gasteiger partial charge in [-0.1, -0.05) is 0 Å². The maximum absolute atomic E-state index is 8.72. The van der Waals surface area contributed by atoms with Gasteiger partial charge < -0.3 is 15.5 Å². The van der Waals surface area contributed by atoms with Gasteiger partial charge in [-0.2, -0.15) is 0 Å². The van der Waals surface area contributed by atoms with Crippen LogP contribution in [0, 0.1) is 11.8 Å². The third kappa shape index (κ3) is 2.43. The van der Waals surface area contributed by atoms with Gasteiger partial charge >= 0.3 is 0 Å². The molecule has 3 N–H and O–H groups in total. The van der Waals surface area contributed by atoms with Crippen LogP contribution in [-0.2, 0) is 0 Å². The van der Waals surface area contributed by atoms with E-state index in [1.54, 1.807) is 0 Å². The van der Waals surface area contributed by atoms with Gasteiger partial charge in [-0.05, 0) is 37.8 Å². The lowest BCUT2D eigenvalue weighted by Crippen LogP contribution is -2.15. The highest BCUT2D eigenvalue weighted by atomic mass is 16.3. The third-order valence-corrected chi connectivity index (χ3v) is 2.48. The van der Waals surface area contributed by atoms with Gasteiger partial charge in [0.1, 0.15) is 0 Å². The van der Waals surface area contributed by atoms with E-state index < -0.39 is 0 Å². The molecule has 1 rings (SSSR count). The lowest BCUT2D eigenvalue weighted by molar-refractivity contribution is 0.210. The van der Waals surface area contributed by atoms with Crippen LogP contribution in [0.25, 0.3) is 0 Å². The van der Waals surface area contributed by atoms with Crippen molar-refractivity contribution in [3.05, 3.63) is 0 Å². The van der Waals surface area contributed by atoms with Crippen molar-refractivity contribution in [2.24, 2.45) is 11.8 Å². The summed E-state index contributed by atoms with van der Waals surface area (Å²) >= 11 is 0. The molecule has 0 saturated carbocycles. The molecule has 0 unspecified atom stereocenters. The summed E-state index contributed by atoms with van der Waals surface area (Å²) in [5.41, 5.74) is 0. The Hall–Kier alpha value is -0.120. The Bertz CT molecular complexity index is 96.3. The van der Waals surface area contributed by atoms with Crippen molar-refractivity contribution in [1.29, 1.82) is 0 Å². The second kappa shape index (κ2) is 4.70. The van der Waals surface area contributed by atoms with Gasteiger partial charge in [0.05, 0.1) is 0 Å². The van der Waals surface area contributed by atoms with Gasteiger partial charge in [0.25, 0.3) is 0 Å². The smallest absolute Gasteiger partial charge is 0.0434 e. The van der Waals surface area contributed by atoms with E-state index in [0.29, 0.717) is 11.8 Å². The van der Waals surface area contributed by atoms with Crippen LogP contribution in [0.2, 0.25) is 0 Å². The van der Waals surface area contributed by atoms with E-state index in [1.807, 2.05) is 0 Å². The topological polar surface area (TPSA) is 52.5 Å². The van der Waals surface area contributed by atoms with Crippen molar-refractivity contribution in [3.63, 3.8) is 0 Å². The predicted molar refractivity (Wildman–Crippen MR) is 43.3 cm³/mol. The lowest BCUT2D eigenvalue weighted by Gasteiger charge is -2.15. The Kier molecular flexibility index (Phi) is 3.83. The molecule has 0 radical (unpaired) electrons. The van der Waals surface area contributed by atoms with Crippen LogP contribution < -0.4 is 5.32 Å². The Labute approximate surface area is 67.4 Å². The fraction of sp³-hybridized carbons (Fsp3) is 1.00. The van der Waals surface area contributed by atoms with Crippen molar-refractivity contribution in [3.8, 4) is 0 Å². The van der Waals surface area contributed by atoms with Gasteiger partial charge in [0.2, 0.25) is 0 Å². The first-order chi connectivity index (χ1) is 5.38. The molecule has 3 nitrogen and oxygen atoms in total. The molecule has 0 aromatic heterocycles. The van der Waals surface area contributed by atoms with E-state index in [-0.39, 0.29) is 13.2 Å². The Morgan fingerprint density at radius 3 is 1.82 bits per heavy atom. The average Bonchev–Trinajstić information content (AvgIpc) is 2.39. The molecule has 1 fully saturated rings. The first-order valence-electron chi connectivity index (χ1n) is 4.31. The highest BCUT2D eigenvalue weighted by Gasteiger charge is 2.25. The first kappa shape index (κ1) is 8.97. The van der Waals surface area contributed by atoms with Crippen molar-refractivity contribution in [2.45, 2.75) is 12.8 Å². The molecule has 66 valence electrons. The number of hydrogen-bond donors (Lipinski definition) is 3. The zero-order chi connectivity index (χ0) is 8.10. The Morgan fingerprint density at radius 1 is 1.00 bits per heavy atom. The zero-order valence-electron chi connectivity index (χ0n) is 6.79. The highest BCUT2D eigenvalue weighted by Crippen LogP contribution is 2.22. The molecule has 0 aromatic carbocycles. The summed E-state index contributed by atoms with van der Waals surface area (Å²) in [6.45, 7) is 2.55. The normalized spacial score (nSPS) is 31.1. The monoisotopic (exact) mass is 159 g/mol. The molecule has 1 heterocycles. The summed E-state index contributed by atoms with van der Waals surface area (Å²) in [4.78, 5) is 0. The predicted octanol–water partition coefficient (Wildman–Crippen LogP) is -0.413. The number of aliphatic hydroxyl groups excluding tert-OH is 2. The molecule has 0 amide bonds. The van der Waals surface area contributed by atoms with Crippen LogP contribution in [0.1, 0.15) is 12.8 Å². The van der Waals surface area contributed by atoms with Crippen LogP contribution in [0.4, 0.5) is 0 Å². The zero-order valence-corrected chi connectivity index (χ0v) is 6.79. The van der Waals surface area contributed by atoms with Crippen LogP contribution >= 0.6 is 0 Å². The SMILES string of the molecule is OCC[C@@H]1CNC[C@@H]1CCO. The quantitative estimate of drug-likeness (QED) is 0.522. The van der Waals surface area contributed by atoms with E-state index >= 15 is 0 Å². The molecule has 0 aliphatic carbocycles. The molecule has 0 aromatic rings. The minimum atomic E-state index is 0.272. The van der Waals surface area contributed by atoms with E-state index in [2.05, 4.69) is 5.32 Å². The maximum Gasteiger partial charge on any atom is 0.0434 e. The summed E-state index contributed by atoms with van der Waals surface area (Å²) in [6.07, 6.45) is 1.75. The highest BCUT2D eigenvalue weighted by molar-refractivity contribution is 4.80. The number of nitrogens with one attached hydrogen (secondary N) is 1. The fourth-order valence-electron chi connectivity index (χ4n) is 1.79. The molecular weight excluding hydrogens is 142 g/mol. The van der Waals surface area contributed by atoms with Crippen LogP contribution in [0.15, 0.2) is 0 Å². The second-order valence-corrected chi connectivity index (χ2v) is 3.20. The van der Waals surface area contributed by atoms with Crippen LogP contribution in [0.5, 0.6) is 0 Å². The maximum atomic E-state index is 8.72. The number of rotatable bonds is 4. The van der Waals surface area contributed by atoms with Gasteiger partial charge in [0.15, 0.2) is 0 Å². The molecule has 3 heteroatoms. The average molecular weight is 159 g/mol. The molecule has 1 saturated heterocycles. The van der Waals surface area contributed by atoms with Crippen LogP contribution in [0.3, 0.4) is 0 Å². The van der Waals surface area contributed by atoms with Crippen molar-refractivity contribution < 1.29 is 10.2 Å². The van der Waals surface area contributed by atoms with Crippen molar-refractivity contribution >= 4 is 0 Å². The molecule has 1 aliphatic heterocycles. The van der Waals surface area contributed by atoms with E-state index in [9.17, 15) is 0 Å². The van der Waals surface area contributed by atoms with Gasteiger partial charge in [0, 0.05) is 13.2 Å². The minimum absolute atomic E-state index is 0.272. The van der Waals surface area contributed by atoms with Crippen molar-refractivity contribution in [1.82, 2.24) is 5.32 Å². The largest absolute Gasteiger partial charge is 0.396 e. The molecule has 0 spiro atoms. The van der Waals surface area contributed by atoms with E-state index in [4.69, 9.17) is 10.2 Å². The lowest BCUT2D eigenvalue weighted by atomic mass is 9.91. The molecule has 2 atom stereocenters. The summed E-state index contributed by atoms with van der Waals surface area (Å²) < 4.78 is 0. The summed E-state index contributed by atoms with van der Waals surface area (Å²) in [6, 6.07) is 0. The Morgan fingerprint density at radius 2 is 1.45 bits per heavy atom. The summed E-state index contributed by atoms with van der Waals surface area (Å²) in [7, 11) is 0. The molecular formula is C8H17NO2. The fourth-order valence-corrected chi connectivity index (χ4v) is 1.79. The van der Waals surface area contributed by atoms with Crippen LogP contribution in [-0.4, -0.2) is 36.5 Å². The van der Waals surface area contributed by atoms with Gasteiger partial charge in [-0.25, -0.2) is 0 Å². The standard InChI is InChI=1S/C8H17NO2/c10-3-1-7-5-9-6-8(7)2-4-11/h7-11H,1-6H2/t7-,8+. The summed E-state index contributed by atoms with van der Waals surface area (Å²) in [5, 5.41) is 20.7. The summed E-state index contributed by atoms with van der Waals surface area (Å²) in [5.74, 6) is 1.15. The van der Waals surface area contributed by atoms with E-state index in [1.165, 1.54) is 0 Å². The molecule has 0 bridgehead atoms.